The van der Waals surface area contributed by atoms with Gasteiger partial charge in [0.25, 0.3) is 0 Å². The molecule has 4 atom stereocenters. The van der Waals surface area contributed by atoms with E-state index in [2.05, 4.69) is 6.58 Å². The molecule has 1 aliphatic rings. The first-order chi connectivity index (χ1) is 9.23. The van der Waals surface area contributed by atoms with Gasteiger partial charge in [-0.2, -0.15) is 0 Å². The summed E-state index contributed by atoms with van der Waals surface area (Å²) in [6, 6.07) is 0. The first-order valence-corrected chi connectivity index (χ1v) is 6.24. The quantitative estimate of drug-likeness (QED) is 0.492. The zero-order chi connectivity index (χ0) is 15.4. The van der Waals surface area contributed by atoms with Crippen LogP contribution in [0.2, 0.25) is 0 Å². The molecule has 0 aromatic rings. The summed E-state index contributed by atoms with van der Waals surface area (Å²) in [7, 11) is 0. The fraction of sp³-hybridized carbons (Fsp3) is 0.500. The van der Waals surface area contributed by atoms with E-state index in [0.29, 0.717) is 5.57 Å². The lowest BCUT2D eigenvalue weighted by Gasteiger charge is -2.29. The highest BCUT2D eigenvalue weighted by Gasteiger charge is 2.38. The minimum atomic E-state index is -1.22. The Kier molecular flexibility index (Phi) is 5.21. The van der Waals surface area contributed by atoms with E-state index in [9.17, 15) is 19.5 Å². The Hall–Kier alpha value is -1.95. The van der Waals surface area contributed by atoms with Crippen LogP contribution in [-0.4, -0.2) is 39.1 Å². The summed E-state index contributed by atoms with van der Waals surface area (Å²) in [5.41, 5.74) is 0.321. The van der Waals surface area contributed by atoms with Gasteiger partial charge in [-0.05, 0) is 18.9 Å². The molecule has 0 aromatic carbocycles. The molecular weight excluding hydrogens is 264 g/mol. The smallest absolute Gasteiger partial charge is 0.311 e. The average molecular weight is 282 g/mol. The number of aliphatic hydroxyl groups is 1. The van der Waals surface area contributed by atoms with E-state index < -0.39 is 35.8 Å². The van der Waals surface area contributed by atoms with E-state index >= 15 is 0 Å². The number of carbonyl (C=O) groups excluding carboxylic acids is 1. The Morgan fingerprint density at radius 3 is 2.30 bits per heavy atom. The summed E-state index contributed by atoms with van der Waals surface area (Å²) in [4.78, 5) is 33.6. The largest absolute Gasteiger partial charge is 0.481 e. The van der Waals surface area contributed by atoms with Gasteiger partial charge in [0.15, 0.2) is 5.78 Å². The molecule has 20 heavy (non-hydrogen) atoms. The van der Waals surface area contributed by atoms with E-state index in [1.54, 1.807) is 0 Å². The van der Waals surface area contributed by atoms with Crippen molar-refractivity contribution in [2.45, 2.75) is 25.9 Å². The molecule has 1 aliphatic carbocycles. The Morgan fingerprint density at radius 1 is 1.25 bits per heavy atom. The maximum absolute atomic E-state index is 11.5. The lowest BCUT2D eigenvalue weighted by Crippen LogP contribution is -2.36. The van der Waals surface area contributed by atoms with Crippen molar-refractivity contribution in [3.63, 3.8) is 0 Å². The van der Waals surface area contributed by atoms with Crippen molar-refractivity contribution < 1.29 is 29.7 Å². The third kappa shape index (κ3) is 3.77. The molecule has 0 spiro atoms. The van der Waals surface area contributed by atoms with Crippen molar-refractivity contribution in [2.24, 2.45) is 17.8 Å². The number of rotatable bonds is 6. The maximum Gasteiger partial charge on any atom is 0.311 e. The zero-order valence-electron chi connectivity index (χ0n) is 11.2. The zero-order valence-corrected chi connectivity index (χ0v) is 11.2. The van der Waals surface area contributed by atoms with Crippen LogP contribution in [0.15, 0.2) is 24.3 Å². The van der Waals surface area contributed by atoms with Crippen molar-refractivity contribution >= 4 is 17.7 Å². The van der Waals surface area contributed by atoms with Crippen LogP contribution in [0.3, 0.4) is 0 Å². The summed E-state index contributed by atoms with van der Waals surface area (Å²) in [5, 5.41) is 28.0. The summed E-state index contributed by atoms with van der Waals surface area (Å²) >= 11 is 0. The number of ketones is 1. The van der Waals surface area contributed by atoms with Gasteiger partial charge in [0, 0.05) is 12.3 Å². The van der Waals surface area contributed by atoms with Crippen molar-refractivity contribution in [2.75, 3.05) is 0 Å². The van der Waals surface area contributed by atoms with E-state index in [0.717, 1.165) is 0 Å². The second-order valence-corrected chi connectivity index (χ2v) is 5.07. The predicted octanol–water partition coefficient (Wildman–Crippen LogP) is 0.860. The van der Waals surface area contributed by atoms with Crippen LogP contribution in [-0.2, 0) is 14.4 Å². The molecule has 0 amide bonds. The van der Waals surface area contributed by atoms with Gasteiger partial charge in [0.2, 0.25) is 0 Å². The molecule has 0 aliphatic heterocycles. The van der Waals surface area contributed by atoms with Crippen LogP contribution >= 0.6 is 0 Å². The van der Waals surface area contributed by atoms with E-state index in [1.165, 1.54) is 19.1 Å². The highest BCUT2D eigenvalue weighted by atomic mass is 16.4. The van der Waals surface area contributed by atoms with Gasteiger partial charge in [0.1, 0.15) is 0 Å². The Balaban J connectivity index is 2.81. The Bertz CT molecular complexity index is 464. The van der Waals surface area contributed by atoms with Crippen LogP contribution in [0, 0.1) is 17.8 Å². The Labute approximate surface area is 116 Å². The number of allylic oxidation sites excluding steroid dienone is 1. The third-order valence-electron chi connectivity index (χ3n) is 3.49. The molecule has 0 bridgehead atoms. The average Bonchev–Trinajstić information content (AvgIpc) is 2.37. The lowest BCUT2D eigenvalue weighted by atomic mass is 9.76. The number of carboxylic acid groups (broad SMARTS) is 2. The molecule has 0 heterocycles. The normalized spacial score (nSPS) is 26.8. The number of hydrogen-bond acceptors (Lipinski definition) is 4. The van der Waals surface area contributed by atoms with Crippen LogP contribution < -0.4 is 0 Å². The maximum atomic E-state index is 11.5. The summed E-state index contributed by atoms with van der Waals surface area (Å²) in [5.74, 6) is -5.47. The third-order valence-corrected chi connectivity index (χ3v) is 3.49. The second kappa shape index (κ2) is 6.47. The fourth-order valence-electron chi connectivity index (χ4n) is 2.22. The van der Waals surface area contributed by atoms with Crippen LogP contribution in [0.4, 0.5) is 0 Å². The molecule has 110 valence electrons. The fourth-order valence-corrected chi connectivity index (χ4v) is 2.22. The van der Waals surface area contributed by atoms with E-state index in [1.807, 2.05) is 0 Å². The van der Waals surface area contributed by atoms with Crippen molar-refractivity contribution in [1.29, 1.82) is 0 Å². The molecule has 0 aromatic heterocycles. The SMILES string of the molecule is C=C(C)C(=O)CC(O)C1C=CC(C(=O)O)C(C(=O)O)C1. The van der Waals surface area contributed by atoms with Crippen molar-refractivity contribution in [1.82, 2.24) is 0 Å². The molecule has 0 saturated heterocycles. The van der Waals surface area contributed by atoms with Gasteiger partial charge in [-0.25, -0.2) is 0 Å². The predicted molar refractivity (Wildman–Crippen MR) is 69.9 cm³/mol. The van der Waals surface area contributed by atoms with Crippen LogP contribution in [0.5, 0.6) is 0 Å². The molecule has 0 radical (unpaired) electrons. The number of carboxylic acids is 2. The van der Waals surface area contributed by atoms with Gasteiger partial charge in [-0.15, -0.1) is 0 Å². The summed E-state index contributed by atoms with van der Waals surface area (Å²) < 4.78 is 0. The Morgan fingerprint density at radius 2 is 1.85 bits per heavy atom. The lowest BCUT2D eigenvalue weighted by molar-refractivity contribution is -0.153. The number of Topliss-reactive ketones (excluding diaryl/α,β-unsaturated/α-hetero) is 1. The minimum absolute atomic E-state index is 0.00651. The molecule has 4 unspecified atom stereocenters. The molecule has 3 N–H and O–H groups in total. The van der Waals surface area contributed by atoms with E-state index in [4.69, 9.17) is 10.2 Å². The van der Waals surface area contributed by atoms with Gasteiger partial charge in [-0.3, -0.25) is 14.4 Å². The number of aliphatic hydroxyl groups excluding tert-OH is 1. The monoisotopic (exact) mass is 282 g/mol. The second-order valence-electron chi connectivity index (χ2n) is 5.07. The van der Waals surface area contributed by atoms with Crippen molar-refractivity contribution in [3.05, 3.63) is 24.3 Å². The molecular formula is C14H18O6. The van der Waals surface area contributed by atoms with Crippen LogP contribution in [0.1, 0.15) is 19.8 Å². The molecule has 6 nitrogen and oxygen atoms in total. The van der Waals surface area contributed by atoms with Gasteiger partial charge < -0.3 is 15.3 Å². The first-order valence-electron chi connectivity index (χ1n) is 6.24. The standard InChI is InChI=1S/C14H18O6/c1-7(2)11(15)6-12(16)8-3-4-9(13(17)18)10(5-8)14(19)20/h3-4,8-10,12,16H,1,5-6H2,2H3,(H,17,18)(H,19,20). The number of aliphatic carboxylic acids is 2. The van der Waals surface area contributed by atoms with Crippen molar-refractivity contribution in [3.8, 4) is 0 Å². The molecule has 0 saturated carbocycles. The van der Waals surface area contributed by atoms with Crippen LogP contribution in [0.25, 0.3) is 0 Å². The van der Waals surface area contributed by atoms with Gasteiger partial charge in [-0.1, -0.05) is 18.7 Å². The number of carbonyl (C=O) groups is 3. The molecule has 6 heteroatoms. The van der Waals surface area contributed by atoms with Gasteiger partial charge >= 0.3 is 11.9 Å². The topological polar surface area (TPSA) is 112 Å². The van der Waals surface area contributed by atoms with Gasteiger partial charge in [0.05, 0.1) is 17.9 Å². The highest BCUT2D eigenvalue weighted by molar-refractivity contribution is 5.94. The summed E-state index contributed by atoms with van der Waals surface area (Å²) in [6.07, 6.45) is 1.58. The first kappa shape index (κ1) is 16.1. The number of hydrogen-bond donors (Lipinski definition) is 3. The van der Waals surface area contributed by atoms with E-state index in [-0.39, 0.29) is 18.6 Å². The molecule has 0 fully saturated rings. The molecule has 1 rings (SSSR count). The minimum Gasteiger partial charge on any atom is -0.481 e. The summed E-state index contributed by atoms with van der Waals surface area (Å²) in [6.45, 7) is 5.02. The highest BCUT2D eigenvalue weighted by Crippen LogP contribution is 2.32.